The lowest BCUT2D eigenvalue weighted by Gasteiger charge is -2.34. The van der Waals surface area contributed by atoms with E-state index < -0.39 is 0 Å². The Kier molecular flexibility index (Phi) is 4.50. The van der Waals surface area contributed by atoms with Gasteiger partial charge in [-0.3, -0.25) is 9.88 Å². The number of nitrogens with zero attached hydrogens (tertiary/aromatic N) is 2. The summed E-state index contributed by atoms with van der Waals surface area (Å²) in [5.74, 6) is 0. The number of halogens is 1. The van der Waals surface area contributed by atoms with Crippen molar-refractivity contribution in [2.24, 2.45) is 5.73 Å². The second-order valence-corrected chi connectivity index (χ2v) is 5.34. The van der Waals surface area contributed by atoms with Gasteiger partial charge in [0.15, 0.2) is 0 Å². The van der Waals surface area contributed by atoms with Crippen molar-refractivity contribution in [2.75, 3.05) is 26.3 Å². The molecule has 2 N–H and O–H groups in total. The van der Waals surface area contributed by atoms with Gasteiger partial charge in [-0.1, -0.05) is 15.9 Å². The molecule has 0 spiro atoms. The fourth-order valence-electron chi connectivity index (χ4n) is 2.00. The van der Waals surface area contributed by atoms with E-state index in [9.17, 15) is 0 Å². The smallest absolute Gasteiger partial charge is 0.0619 e. The molecular weight excluding hydrogens is 282 g/mol. The molecule has 17 heavy (non-hydrogen) atoms. The predicted octanol–water partition coefficient (Wildman–Crippen LogP) is 1.56. The SMILES string of the molecule is C[C@@H]1COCCN1CC(N)c1cc(Br)ccn1. The Morgan fingerprint density at radius 3 is 3.24 bits per heavy atom. The molecule has 1 saturated heterocycles. The highest BCUT2D eigenvalue weighted by Crippen LogP contribution is 2.16. The minimum atomic E-state index is -0.0481. The first-order chi connectivity index (χ1) is 8.16. The summed E-state index contributed by atoms with van der Waals surface area (Å²) in [6.45, 7) is 5.53. The van der Waals surface area contributed by atoms with Crippen LogP contribution in [0.3, 0.4) is 0 Å². The highest BCUT2D eigenvalue weighted by molar-refractivity contribution is 9.10. The van der Waals surface area contributed by atoms with Crippen molar-refractivity contribution in [3.05, 3.63) is 28.5 Å². The normalized spacial score (nSPS) is 23.6. The molecule has 94 valence electrons. The number of rotatable bonds is 3. The summed E-state index contributed by atoms with van der Waals surface area (Å²) in [5, 5.41) is 0. The van der Waals surface area contributed by atoms with Gasteiger partial charge >= 0.3 is 0 Å². The minimum absolute atomic E-state index is 0.0481. The van der Waals surface area contributed by atoms with E-state index in [1.54, 1.807) is 6.20 Å². The molecule has 2 atom stereocenters. The molecule has 4 nitrogen and oxygen atoms in total. The summed E-state index contributed by atoms with van der Waals surface area (Å²) in [7, 11) is 0. The fraction of sp³-hybridized carbons (Fsp3) is 0.583. The van der Waals surface area contributed by atoms with Gasteiger partial charge in [0.1, 0.15) is 0 Å². The van der Waals surface area contributed by atoms with Crippen LogP contribution in [-0.4, -0.2) is 42.2 Å². The van der Waals surface area contributed by atoms with Crippen molar-refractivity contribution in [3.63, 3.8) is 0 Å². The quantitative estimate of drug-likeness (QED) is 0.920. The van der Waals surface area contributed by atoms with Crippen molar-refractivity contribution < 1.29 is 4.74 Å². The summed E-state index contributed by atoms with van der Waals surface area (Å²) in [4.78, 5) is 6.67. The summed E-state index contributed by atoms with van der Waals surface area (Å²) >= 11 is 3.44. The lowest BCUT2D eigenvalue weighted by Crippen LogP contribution is -2.46. The van der Waals surface area contributed by atoms with Crippen molar-refractivity contribution >= 4 is 15.9 Å². The Morgan fingerprint density at radius 1 is 1.71 bits per heavy atom. The fourth-order valence-corrected chi connectivity index (χ4v) is 2.36. The molecule has 0 saturated carbocycles. The van der Waals surface area contributed by atoms with Crippen LogP contribution in [0.25, 0.3) is 0 Å². The van der Waals surface area contributed by atoms with Crippen molar-refractivity contribution in [1.29, 1.82) is 0 Å². The summed E-state index contributed by atoms with van der Waals surface area (Å²) in [6.07, 6.45) is 1.78. The number of aromatic nitrogens is 1. The number of hydrogen-bond donors (Lipinski definition) is 1. The van der Waals surface area contributed by atoms with E-state index in [1.165, 1.54) is 0 Å². The summed E-state index contributed by atoms with van der Waals surface area (Å²) < 4.78 is 6.43. The largest absolute Gasteiger partial charge is 0.379 e. The zero-order valence-electron chi connectivity index (χ0n) is 9.97. The van der Waals surface area contributed by atoms with Crippen molar-refractivity contribution in [2.45, 2.75) is 19.0 Å². The predicted molar refractivity (Wildman–Crippen MR) is 70.7 cm³/mol. The Balaban J connectivity index is 1.98. The first-order valence-corrected chi connectivity index (χ1v) is 6.65. The van der Waals surface area contributed by atoms with E-state index in [-0.39, 0.29) is 6.04 Å². The molecule has 1 fully saturated rings. The van der Waals surface area contributed by atoms with Gasteiger partial charge in [-0.15, -0.1) is 0 Å². The average Bonchev–Trinajstić information content (AvgIpc) is 2.32. The lowest BCUT2D eigenvalue weighted by atomic mass is 10.1. The molecule has 1 aliphatic heterocycles. The molecule has 0 amide bonds. The zero-order valence-corrected chi connectivity index (χ0v) is 11.6. The van der Waals surface area contributed by atoms with Gasteiger partial charge in [0.2, 0.25) is 0 Å². The topological polar surface area (TPSA) is 51.4 Å². The highest BCUT2D eigenvalue weighted by Gasteiger charge is 2.21. The molecule has 1 aromatic heterocycles. The van der Waals surface area contributed by atoms with Crippen LogP contribution >= 0.6 is 15.9 Å². The van der Waals surface area contributed by atoms with E-state index in [4.69, 9.17) is 10.5 Å². The summed E-state index contributed by atoms with van der Waals surface area (Å²) in [5.41, 5.74) is 7.12. The van der Waals surface area contributed by atoms with Gasteiger partial charge in [-0.2, -0.15) is 0 Å². The maximum Gasteiger partial charge on any atom is 0.0619 e. The van der Waals surface area contributed by atoms with Crippen LogP contribution in [0.4, 0.5) is 0 Å². The van der Waals surface area contributed by atoms with Gasteiger partial charge in [0.05, 0.1) is 24.9 Å². The molecule has 0 aromatic carbocycles. The van der Waals surface area contributed by atoms with Crippen LogP contribution in [0, 0.1) is 0 Å². The van der Waals surface area contributed by atoms with Gasteiger partial charge in [-0.05, 0) is 19.1 Å². The third-order valence-electron chi connectivity index (χ3n) is 3.06. The highest BCUT2D eigenvalue weighted by atomic mass is 79.9. The number of pyridine rings is 1. The molecule has 0 aliphatic carbocycles. The number of nitrogens with two attached hydrogens (primary N) is 1. The molecule has 1 unspecified atom stereocenters. The molecule has 1 aromatic rings. The molecule has 2 heterocycles. The van der Waals surface area contributed by atoms with E-state index in [0.717, 1.165) is 36.5 Å². The van der Waals surface area contributed by atoms with Gasteiger partial charge in [0, 0.05) is 29.8 Å². The Labute approximate surface area is 110 Å². The first kappa shape index (κ1) is 13.0. The molecule has 1 aliphatic rings. The van der Waals surface area contributed by atoms with Crippen LogP contribution in [0.5, 0.6) is 0 Å². The Bertz CT molecular complexity index is 375. The van der Waals surface area contributed by atoms with E-state index in [1.807, 2.05) is 12.1 Å². The molecule has 0 radical (unpaired) electrons. The molecular formula is C12H18BrN3O. The minimum Gasteiger partial charge on any atom is -0.379 e. The zero-order chi connectivity index (χ0) is 12.3. The van der Waals surface area contributed by atoms with Crippen LogP contribution in [0.2, 0.25) is 0 Å². The van der Waals surface area contributed by atoms with Crippen LogP contribution in [0.15, 0.2) is 22.8 Å². The maximum absolute atomic E-state index is 6.19. The number of morpholine rings is 1. The second kappa shape index (κ2) is 5.91. The van der Waals surface area contributed by atoms with Crippen LogP contribution < -0.4 is 5.73 Å². The molecule has 0 bridgehead atoms. The lowest BCUT2D eigenvalue weighted by molar-refractivity contribution is -0.00296. The van der Waals surface area contributed by atoms with Crippen molar-refractivity contribution in [1.82, 2.24) is 9.88 Å². The maximum atomic E-state index is 6.19. The average molecular weight is 300 g/mol. The number of hydrogen-bond acceptors (Lipinski definition) is 4. The van der Waals surface area contributed by atoms with E-state index >= 15 is 0 Å². The molecule has 5 heteroatoms. The third-order valence-corrected chi connectivity index (χ3v) is 3.55. The van der Waals surface area contributed by atoms with E-state index in [0.29, 0.717) is 6.04 Å². The van der Waals surface area contributed by atoms with Gasteiger partial charge in [0.25, 0.3) is 0 Å². The van der Waals surface area contributed by atoms with Crippen molar-refractivity contribution in [3.8, 4) is 0 Å². The molecule has 2 rings (SSSR count). The van der Waals surface area contributed by atoms with E-state index in [2.05, 4.69) is 32.7 Å². The standard InChI is InChI=1S/C12H18BrN3O/c1-9-8-17-5-4-16(9)7-11(14)12-6-10(13)2-3-15-12/h2-3,6,9,11H,4-5,7-8,14H2,1H3/t9-,11?/m1/s1. The Hall–Kier alpha value is -0.490. The van der Waals surface area contributed by atoms with Gasteiger partial charge < -0.3 is 10.5 Å². The van der Waals surface area contributed by atoms with Gasteiger partial charge in [-0.25, -0.2) is 0 Å². The monoisotopic (exact) mass is 299 g/mol. The van der Waals surface area contributed by atoms with Crippen LogP contribution in [0.1, 0.15) is 18.7 Å². The summed E-state index contributed by atoms with van der Waals surface area (Å²) in [6, 6.07) is 4.28. The Morgan fingerprint density at radius 2 is 2.53 bits per heavy atom. The van der Waals surface area contributed by atoms with Crippen LogP contribution in [-0.2, 0) is 4.74 Å². The third kappa shape index (κ3) is 3.48. The second-order valence-electron chi connectivity index (χ2n) is 4.42. The number of ether oxygens (including phenoxy) is 1. The first-order valence-electron chi connectivity index (χ1n) is 5.85.